The van der Waals surface area contributed by atoms with Crippen LogP contribution in [-0.2, 0) is 76.7 Å². The first-order chi connectivity index (χ1) is 53.6. The van der Waals surface area contributed by atoms with Crippen LogP contribution >= 0.6 is 0 Å². The van der Waals surface area contributed by atoms with E-state index in [1.165, 1.54) is 25.7 Å². The zero-order valence-corrected chi connectivity index (χ0v) is 68.3. The number of unbranched alkanes of at least 4 members (excludes halogenated alkanes) is 8. The van der Waals surface area contributed by atoms with E-state index in [4.69, 9.17) is 40.1 Å². The van der Waals surface area contributed by atoms with E-state index < -0.39 is 199 Å². The van der Waals surface area contributed by atoms with Crippen LogP contribution < -0.4 is 109 Å². The number of aliphatic imine (C=N–C) groups is 3. The number of rotatable bonds is 57. The Bertz CT molecular complexity index is 3270. The number of nitrogens with zero attached hydrogens (tertiary/aromatic N) is 4. The molecule has 0 aromatic heterocycles. The summed E-state index contributed by atoms with van der Waals surface area (Å²) in [6, 6.07) is -13.5. The smallest absolute Gasteiger partial charge is 0.305 e. The Morgan fingerprint density at radius 3 is 1.23 bits per heavy atom. The predicted octanol–water partition coefficient (Wildman–Crippen LogP) is -4.48. The molecule has 646 valence electrons. The van der Waals surface area contributed by atoms with Crippen LogP contribution in [0.1, 0.15) is 205 Å². The Hall–Kier alpha value is -10.7. The molecule has 0 unspecified atom stereocenters. The summed E-state index contributed by atoms with van der Waals surface area (Å²) >= 11 is 0. The van der Waals surface area contributed by atoms with Gasteiger partial charge in [-0.15, -0.1) is 0 Å². The second kappa shape index (κ2) is 54.9. The first kappa shape index (κ1) is 101. The molecule has 0 bridgehead atoms. The Balaban J connectivity index is 3.33. The summed E-state index contributed by atoms with van der Waals surface area (Å²) in [7, 11) is 0. The summed E-state index contributed by atoms with van der Waals surface area (Å²) in [6.45, 7) is 16.2. The highest BCUT2D eigenvalue weighted by atomic mass is 16.4. The lowest BCUT2D eigenvalue weighted by molar-refractivity contribution is -0.143. The van der Waals surface area contributed by atoms with Gasteiger partial charge in [0, 0.05) is 32.6 Å². The van der Waals surface area contributed by atoms with Crippen molar-refractivity contribution in [2.45, 2.75) is 265 Å². The Morgan fingerprint density at radius 2 is 0.763 bits per heavy atom. The van der Waals surface area contributed by atoms with E-state index in [1.807, 2.05) is 0 Å². The normalized spacial score (nSPS) is 14.8. The minimum atomic E-state index is -1.89. The molecule has 15 amide bonds. The molecule has 1 saturated heterocycles. The molecule has 28 N–H and O–H groups in total. The Labute approximate surface area is 667 Å². The number of aliphatic carboxylic acids is 1. The van der Waals surface area contributed by atoms with Crippen molar-refractivity contribution in [3.05, 3.63) is 0 Å². The zero-order valence-electron chi connectivity index (χ0n) is 68.3. The maximum absolute atomic E-state index is 14.7. The average molecular weight is 1620 g/mol. The first-order valence-electron chi connectivity index (χ1n) is 39.4. The highest BCUT2D eigenvalue weighted by molar-refractivity contribution is 6.00. The molecule has 1 fully saturated rings. The largest absolute Gasteiger partial charge is 0.481 e. The molecule has 1 aliphatic heterocycles. The fraction of sp³-hybridized carbons (Fsp3) is 0.740. The highest BCUT2D eigenvalue weighted by Crippen LogP contribution is 2.22. The lowest BCUT2D eigenvalue weighted by Crippen LogP contribution is -2.61. The second-order valence-electron chi connectivity index (χ2n) is 30.1. The summed E-state index contributed by atoms with van der Waals surface area (Å²) in [5, 5.41) is 42.7. The molecule has 1 heterocycles. The number of carbonyl (C=O) groups excluding carboxylic acids is 15. The van der Waals surface area contributed by atoms with Crippen molar-refractivity contribution in [2.24, 2.45) is 84.7 Å². The lowest BCUT2D eigenvalue weighted by atomic mass is 9.97. The van der Waals surface area contributed by atoms with Gasteiger partial charge in [0.2, 0.25) is 88.6 Å². The van der Waals surface area contributed by atoms with Crippen molar-refractivity contribution in [1.29, 1.82) is 0 Å². The summed E-state index contributed by atoms with van der Waals surface area (Å²) in [6.07, 6.45) is 9.01. The SMILES string of the molecule is CCCCCCCCCCCC(=O)NCC(=O)NCC(=O)N[C@@H](CCCN=C(N)N)C(=O)NCC(=O)N[C@@H](CC(=O)O)C(=O)N[C@@H](CCCN=C(N)N)C(=O)N1CCC[C@H]1C(=O)N[C@@H](CC(C)C)C(=O)NCC(=O)N[C@H](C(=O)N[C@@H](CCCN=C(N)N)C(=O)N[C@H](C(=O)N[C@H](C(=O)N[C@H](C(N)=O)C(C)C)C(C)C)C(C)C)C(C)C. The number of nitrogens with two attached hydrogens (primary N) is 7. The van der Waals surface area contributed by atoms with Gasteiger partial charge in [0.05, 0.1) is 32.6 Å². The maximum atomic E-state index is 14.7. The molecular formula is C73H132N24O17. The van der Waals surface area contributed by atoms with Crippen LogP contribution in [0.15, 0.2) is 15.0 Å². The number of carboxylic acids is 1. The van der Waals surface area contributed by atoms with E-state index in [-0.39, 0.29) is 126 Å². The quantitative estimate of drug-likeness (QED) is 0.0155. The molecule has 0 aromatic carbocycles. The van der Waals surface area contributed by atoms with E-state index >= 15 is 0 Å². The van der Waals surface area contributed by atoms with E-state index in [2.05, 4.69) is 91.0 Å². The van der Waals surface area contributed by atoms with Gasteiger partial charge in [0.1, 0.15) is 60.4 Å². The molecule has 1 aliphatic rings. The standard InChI is InChI=1S/C73H132N24O17/c1-12-13-14-15-16-17-18-19-20-29-51(98)84-36-52(99)85-37-53(100)88-45(25-21-30-81-71(75)76)62(106)86-38-54(101)89-49(35-56(103)104)65(109)91-47(27-23-32-83-73(79)80)70(114)97-33-24-28-50(97)66(110)92-48(34-40(2)3)63(107)87-39-55(102)93-58(42(6)7)67(111)90-46(26-22-31-82-72(77)78)64(108)95-59(43(8)9)69(113)96-60(44(10)11)68(112)94-57(41(4)5)61(74)105/h40-50,57-60H,12-39H2,1-11H3,(H2,74,105)(H,84,98)(H,85,99)(H,86,106)(H,87,107)(H,88,100)(H,89,101)(H,90,111)(H,91,109)(H,92,110)(H,93,102)(H,94,112)(H,95,108)(H,96,113)(H,103,104)(H4,75,76,81)(H4,77,78,82)(H4,79,80,83)/t45-,46-,47-,48-,49-,50-,57-,58-,59-,60-/m0/s1. The summed E-state index contributed by atoms with van der Waals surface area (Å²) in [5.74, 6) is -16.9. The molecular weight excluding hydrogens is 1480 g/mol. The topological polar surface area (TPSA) is 672 Å². The van der Waals surface area contributed by atoms with Crippen molar-refractivity contribution in [2.75, 3.05) is 52.4 Å². The molecule has 0 aliphatic carbocycles. The molecule has 10 atom stereocenters. The lowest BCUT2D eigenvalue weighted by Gasteiger charge is -2.31. The van der Waals surface area contributed by atoms with Gasteiger partial charge < -0.3 is 119 Å². The Morgan fingerprint density at radius 1 is 0.386 bits per heavy atom. The van der Waals surface area contributed by atoms with Crippen molar-refractivity contribution >= 4 is 112 Å². The molecule has 0 aromatic rings. The number of amides is 15. The van der Waals surface area contributed by atoms with Gasteiger partial charge in [-0.3, -0.25) is 91.7 Å². The first-order valence-corrected chi connectivity index (χ1v) is 39.4. The summed E-state index contributed by atoms with van der Waals surface area (Å²) < 4.78 is 0. The van der Waals surface area contributed by atoms with Gasteiger partial charge in [0.25, 0.3) is 0 Å². The number of carbonyl (C=O) groups is 16. The monoisotopic (exact) mass is 1620 g/mol. The van der Waals surface area contributed by atoms with E-state index in [9.17, 15) is 81.8 Å². The molecule has 114 heavy (non-hydrogen) atoms. The van der Waals surface area contributed by atoms with Gasteiger partial charge in [-0.1, -0.05) is 128 Å². The average Bonchev–Trinajstić information content (AvgIpc) is 1.65. The van der Waals surface area contributed by atoms with Gasteiger partial charge in [-0.2, -0.15) is 0 Å². The number of hydrogen-bond acceptors (Lipinski definition) is 19. The molecule has 0 radical (unpaired) electrons. The third-order valence-electron chi connectivity index (χ3n) is 18.2. The van der Waals surface area contributed by atoms with Crippen LogP contribution in [0.2, 0.25) is 0 Å². The third kappa shape index (κ3) is 42.3. The van der Waals surface area contributed by atoms with Crippen LogP contribution in [0.4, 0.5) is 0 Å². The predicted molar refractivity (Wildman–Crippen MR) is 426 cm³/mol. The van der Waals surface area contributed by atoms with Crippen LogP contribution in [0, 0.1) is 29.6 Å². The summed E-state index contributed by atoms with van der Waals surface area (Å²) in [5.41, 5.74) is 38.6. The fourth-order valence-electron chi connectivity index (χ4n) is 12.0. The molecule has 0 saturated carbocycles. The van der Waals surface area contributed by atoms with Crippen LogP contribution in [0.5, 0.6) is 0 Å². The van der Waals surface area contributed by atoms with Crippen LogP contribution in [-0.4, -0.2) is 235 Å². The van der Waals surface area contributed by atoms with Gasteiger partial charge >= 0.3 is 5.97 Å². The molecule has 41 heteroatoms. The van der Waals surface area contributed by atoms with Crippen molar-refractivity contribution in [3.63, 3.8) is 0 Å². The van der Waals surface area contributed by atoms with Gasteiger partial charge in [-0.25, -0.2) is 0 Å². The number of nitrogens with one attached hydrogen (secondary N) is 13. The number of carboxylic acid groups (broad SMARTS) is 1. The number of primary amides is 1. The second-order valence-corrected chi connectivity index (χ2v) is 30.1. The zero-order chi connectivity index (χ0) is 86.3. The summed E-state index contributed by atoms with van der Waals surface area (Å²) in [4.78, 5) is 229. The van der Waals surface area contributed by atoms with Crippen molar-refractivity contribution in [1.82, 2.24) is 74.0 Å². The number of guanidine groups is 3. The fourth-order valence-corrected chi connectivity index (χ4v) is 12.0. The van der Waals surface area contributed by atoms with Crippen LogP contribution in [0.3, 0.4) is 0 Å². The number of likely N-dealkylation sites (tertiary alicyclic amines) is 1. The minimum absolute atomic E-state index is 0.0120. The van der Waals surface area contributed by atoms with E-state index in [0.29, 0.717) is 6.42 Å². The number of hydrogen-bond donors (Lipinski definition) is 21. The van der Waals surface area contributed by atoms with E-state index in [1.54, 1.807) is 69.2 Å². The highest BCUT2D eigenvalue weighted by Gasteiger charge is 2.41. The van der Waals surface area contributed by atoms with Crippen LogP contribution in [0.25, 0.3) is 0 Å². The molecule has 0 spiro atoms. The minimum Gasteiger partial charge on any atom is -0.481 e. The van der Waals surface area contributed by atoms with Crippen molar-refractivity contribution in [3.8, 4) is 0 Å². The molecule has 1 rings (SSSR count). The van der Waals surface area contributed by atoms with Crippen molar-refractivity contribution < 1.29 is 81.8 Å². The van der Waals surface area contributed by atoms with Gasteiger partial charge in [-0.05, 0) is 93.8 Å². The third-order valence-corrected chi connectivity index (χ3v) is 18.2. The Kier molecular flexibility index (Phi) is 48.8. The van der Waals surface area contributed by atoms with Gasteiger partial charge in [0.15, 0.2) is 17.9 Å². The molecule has 41 nitrogen and oxygen atoms in total. The van der Waals surface area contributed by atoms with E-state index in [0.717, 1.165) is 30.6 Å². The maximum Gasteiger partial charge on any atom is 0.305 e.